The average Bonchev–Trinajstić information content (AvgIpc) is 2.90. The third-order valence-corrected chi connectivity index (χ3v) is 3.76. The number of nitrogens with zero attached hydrogens (tertiary/aromatic N) is 1. The van der Waals surface area contributed by atoms with Gasteiger partial charge in [0.25, 0.3) is 5.22 Å². The summed E-state index contributed by atoms with van der Waals surface area (Å²) in [6, 6.07) is 15.2. The Bertz CT molecular complexity index is 732. The Morgan fingerprint density at radius 2 is 1.95 bits per heavy atom. The standard InChI is InChI=1S/C16H14N2O2S/c1-11-6-8-12(9-7-11)17-15(19)10-21-16-18-13-4-2-3-5-14(13)20-16/h2-9H,10H2,1H3,(H,17,19). The molecule has 0 aliphatic heterocycles. The highest BCUT2D eigenvalue weighted by atomic mass is 32.2. The van der Waals surface area contributed by atoms with Gasteiger partial charge in [-0.2, -0.15) is 0 Å². The lowest BCUT2D eigenvalue weighted by Crippen LogP contribution is -2.13. The van der Waals surface area contributed by atoms with Crippen LogP contribution in [0.25, 0.3) is 11.1 Å². The number of hydrogen-bond donors (Lipinski definition) is 1. The molecule has 1 heterocycles. The molecule has 3 rings (SSSR count). The fraction of sp³-hybridized carbons (Fsp3) is 0.125. The van der Waals surface area contributed by atoms with Crippen molar-refractivity contribution in [3.8, 4) is 0 Å². The predicted octanol–water partition coefficient (Wildman–Crippen LogP) is 3.87. The summed E-state index contributed by atoms with van der Waals surface area (Å²) in [4.78, 5) is 16.2. The molecule has 5 heteroatoms. The molecule has 0 unspecified atom stereocenters. The molecule has 0 radical (unpaired) electrons. The van der Waals surface area contributed by atoms with Crippen molar-refractivity contribution in [2.75, 3.05) is 11.1 Å². The minimum atomic E-state index is -0.0777. The molecular formula is C16H14N2O2S. The lowest BCUT2D eigenvalue weighted by molar-refractivity contribution is -0.113. The van der Waals surface area contributed by atoms with Gasteiger partial charge in [0, 0.05) is 5.69 Å². The van der Waals surface area contributed by atoms with Crippen LogP contribution in [0, 0.1) is 6.92 Å². The molecule has 4 nitrogen and oxygen atoms in total. The number of aryl methyl sites for hydroxylation is 1. The van der Waals surface area contributed by atoms with Crippen molar-refractivity contribution in [3.05, 3.63) is 54.1 Å². The van der Waals surface area contributed by atoms with E-state index in [-0.39, 0.29) is 11.7 Å². The quantitative estimate of drug-likeness (QED) is 0.743. The Labute approximate surface area is 126 Å². The monoisotopic (exact) mass is 298 g/mol. The number of thioether (sulfide) groups is 1. The Morgan fingerprint density at radius 3 is 2.71 bits per heavy atom. The lowest BCUT2D eigenvalue weighted by Gasteiger charge is -2.04. The second-order valence-electron chi connectivity index (χ2n) is 4.65. The van der Waals surface area contributed by atoms with Crippen molar-refractivity contribution in [1.29, 1.82) is 0 Å². The third-order valence-electron chi connectivity index (χ3n) is 2.94. The van der Waals surface area contributed by atoms with Gasteiger partial charge in [0.05, 0.1) is 5.75 Å². The van der Waals surface area contributed by atoms with Crippen LogP contribution in [-0.2, 0) is 4.79 Å². The zero-order valence-electron chi connectivity index (χ0n) is 11.5. The minimum Gasteiger partial charge on any atom is -0.431 e. The van der Waals surface area contributed by atoms with Crippen LogP contribution in [0.4, 0.5) is 5.69 Å². The number of para-hydroxylation sites is 2. The summed E-state index contributed by atoms with van der Waals surface area (Å²) in [5, 5.41) is 3.35. The molecule has 0 saturated heterocycles. The van der Waals surface area contributed by atoms with Crippen LogP contribution in [-0.4, -0.2) is 16.6 Å². The van der Waals surface area contributed by atoms with Crippen LogP contribution in [0.2, 0.25) is 0 Å². The van der Waals surface area contributed by atoms with Crippen molar-refractivity contribution in [3.63, 3.8) is 0 Å². The number of carbonyl (C=O) groups is 1. The summed E-state index contributed by atoms with van der Waals surface area (Å²) in [6.07, 6.45) is 0. The maximum absolute atomic E-state index is 11.9. The van der Waals surface area contributed by atoms with Gasteiger partial charge in [-0.3, -0.25) is 4.79 Å². The Kier molecular flexibility index (Phi) is 3.92. The number of anilines is 1. The summed E-state index contributed by atoms with van der Waals surface area (Å²) in [7, 11) is 0. The van der Waals surface area contributed by atoms with Gasteiger partial charge in [0.1, 0.15) is 5.52 Å². The summed E-state index contributed by atoms with van der Waals surface area (Å²) >= 11 is 1.29. The highest BCUT2D eigenvalue weighted by Crippen LogP contribution is 2.23. The Hall–Kier alpha value is -2.27. The second kappa shape index (κ2) is 6.01. The van der Waals surface area contributed by atoms with Crippen LogP contribution in [0.3, 0.4) is 0 Å². The first-order chi connectivity index (χ1) is 10.2. The van der Waals surface area contributed by atoms with E-state index in [9.17, 15) is 4.79 Å². The molecule has 0 bridgehead atoms. The molecule has 106 valence electrons. The average molecular weight is 298 g/mol. The molecule has 3 aromatic rings. The number of rotatable bonds is 4. The smallest absolute Gasteiger partial charge is 0.257 e. The number of fused-ring (bicyclic) bond motifs is 1. The molecular weight excluding hydrogens is 284 g/mol. The number of aromatic nitrogens is 1. The highest BCUT2D eigenvalue weighted by molar-refractivity contribution is 7.99. The number of oxazole rings is 1. The van der Waals surface area contributed by atoms with Gasteiger partial charge >= 0.3 is 0 Å². The van der Waals surface area contributed by atoms with Crippen molar-refractivity contribution in [2.45, 2.75) is 12.1 Å². The number of carbonyl (C=O) groups excluding carboxylic acids is 1. The molecule has 0 aliphatic rings. The highest BCUT2D eigenvalue weighted by Gasteiger charge is 2.09. The molecule has 21 heavy (non-hydrogen) atoms. The second-order valence-corrected chi connectivity index (χ2v) is 5.58. The van der Waals surface area contributed by atoms with Crippen molar-refractivity contribution >= 4 is 34.5 Å². The van der Waals surface area contributed by atoms with E-state index < -0.39 is 0 Å². The molecule has 0 atom stereocenters. The molecule has 1 aromatic heterocycles. The molecule has 2 aromatic carbocycles. The van der Waals surface area contributed by atoms with Crippen LogP contribution < -0.4 is 5.32 Å². The van der Waals surface area contributed by atoms with E-state index in [1.54, 1.807) is 0 Å². The van der Waals surface area contributed by atoms with Crippen molar-refractivity contribution in [2.24, 2.45) is 0 Å². The maximum Gasteiger partial charge on any atom is 0.257 e. The normalized spacial score (nSPS) is 10.7. The SMILES string of the molecule is Cc1ccc(NC(=O)CSc2nc3ccccc3o2)cc1. The third kappa shape index (κ3) is 3.44. The summed E-state index contributed by atoms with van der Waals surface area (Å²) < 4.78 is 5.56. The van der Waals surface area contributed by atoms with Gasteiger partial charge in [-0.05, 0) is 31.2 Å². The van der Waals surface area contributed by atoms with E-state index in [1.165, 1.54) is 11.8 Å². The van der Waals surface area contributed by atoms with E-state index in [2.05, 4.69) is 10.3 Å². The fourth-order valence-electron chi connectivity index (χ4n) is 1.87. The molecule has 0 fully saturated rings. The van der Waals surface area contributed by atoms with Crippen molar-refractivity contribution < 1.29 is 9.21 Å². The zero-order valence-corrected chi connectivity index (χ0v) is 12.3. The van der Waals surface area contributed by atoms with E-state index in [1.807, 2.05) is 55.5 Å². The van der Waals surface area contributed by atoms with E-state index in [0.717, 1.165) is 22.4 Å². The Morgan fingerprint density at radius 1 is 1.19 bits per heavy atom. The summed E-state index contributed by atoms with van der Waals surface area (Å²) in [6.45, 7) is 2.01. The van der Waals surface area contributed by atoms with Crippen LogP contribution in [0.1, 0.15) is 5.56 Å². The number of benzene rings is 2. The van der Waals surface area contributed by atoms with Crippen molar-refractivity contribution in [1.82, 2.24) is 4.98 Å². The predicted molar refractivity (Wildman–Crippen MR) is 84.5 cm³/mol. The first kappa shape index (κ1) is 13.7. The van der Waals surface area contributed by atoms with Crippen LogP contribution in [0.15, 0.2) is 58.2 Å². The largest absolute Gasteiger partial charge is 0.431 e. The van der Waals surface area contributed by atoms with E-state index in [0.29, 0.717) is 5.22 Å². The molecule has 0 aliphatic carbocycles. The van der Waals surface area contributed by atoms with Gasteiger partial charge in [-0.1, -0.05) is 41.6 Å². The van der Waals surface area contributed by atoms with Crippen LogP contribution in [0.5, 0.6) is 0 Å². The van der Waals surface area contributed by atoms with E-state index in [4.69, 9.17) is 4.42 Å². The zero-order chi connectivity index (χ0) is 14.7. The summed E-state index contributed by atoms with van der Waals surface area (Å²) in [5.74, 6) is 0.187. The van der Waals surface area contributed by atoms with Gasteiger partial charge in [0.2, 0.25) is 5.91 Å². The summed E-state index contributed by atoms with van der Waals surface area (Å²) in [5.41, 5.74) is 3.50. The van der Waals surface area contributed by atoms with Gasteiger partial charge in [0.15, 0.2) is 5.58 Å². The molecule has 1 N–H and O–H groups in total. The first-order valence-electron chi connectivity index (χ1n) is 6.55. The molecule has 1 amide bonds. The van der Waals surface area contributed by atoms with Gasteiger partial charge in [-0.25, -0.2) is 4.98 Å². The topological polar surface area (TPSA) is 55.1 Å². The van der Waals surface area contributed by atoms with Gasteiger partial charge in [-0.15, -0.1) is 0 Å². The lowest BCUT2D eigenvalue weighted by atomic mass is 10.2. The minimum absolute atomic E-state index is 0.0777. The van der Waals surface area contributed by atoms with E-state index >= 15 is 0 Å². The first-order valence-corrected chi connectivity index (χ1v) is 7.54. The van der Waals surface area contributed by atoms with Gasteiger partial charge < -0.3 is 9.73 Å². The Balaban J connectivity index is 1.59. The molecule has 0 saturated carbocycles. The molecule has 0 spiro atoms. The maximum atomic E-state index is 11.9. The number of amides is 1. The van der Waals surface area contributed by atoms with Crippen LogP contribution >= 0.6 is 11.8 Å². The number of nitrogens with one attached hydrogen (secondary N) is 1. The fourth-order valence-corrected chi connectivity index (χ4v) is 2.51. The number of hydrogen-bond acceptors (Lipinski definition) is 4.